The van der Waals surface area contributed by atoms with Gasteiger partial charge >= 0.3 is 0 Å². The average Bonchev–Trinajstić information content (AvgIpc) is 2.47. The van der Waals surface area contributed by atoms with Crippen LogP contribution in [0.3, 0.4) is 0 Å². The quantitative estimate of drug-likeness (QED) is 0.403. The smallest absolute Gasteiger partial charge is 0.221 e. The lowest BCUT2D eigenvalue weighted by Crippen LogP contribution is -2.06. The molecule has 21 heavy (non-hydrogen) atoms. The van der Waals surface area contributed by atoms with Crippen LogP contribution in [0, 0.1) is 0 Å². The van der Waals surface area contributed by atoms with Crippen molar-refractivity contribution in [3.8, 4) is 5.75 Å². The summed E-state index contributed by atoms with van der Waals surface area (Å²) in [5.74, 6) is -0.101. The molecule has 0 fully saturated rings. The van der Waals surface area contributed by atoms with Crippen molar-refractivity contribution in [2.45, 2.75) is 6.92 Å². The van der Waals surface area contributed by atoms with Crippen molar-refractivity contribution in [2.24, 2.45) is 0 Å². The van der Waals surface area contributed by atoms with E-state index in [1.165, 1.54) is 12.3 Å². The first kappa shape index (κ1) is 12.0. The van der Waals surface area contributed by atoms with E-state index in [2.05, 4.69) is 23.5 Å². The van der Waals surface area contributed by atoms with Gasteiger partial charge in [0, 0.05) is 12.3 Å². The lowest BCUT2D eigenvalue weighted by atomic mass is 9.93. The molecule has 0 heterocycles. The Bertz CT molecular complexity index is 989. The number of hydrogen-bond acceptors (Lipinski definition) is 2. The molecule has 0 aliphatic rings. The van der Waals surface area contributed by atoms with Gasteiger partial charge in [0.25, 0.3) is 0 Å². The van der Waals surface area contributed by atoms with E-state index < -0.39 is 0 Å². The van der Waals surface area contributed by atoms with Gasteiger partial charge in [0.05, 0.1) is 5.69 Å². The molecule has 102 valence electrons. The number of rotatable bonds is 1. The van der Waals surface area contributed by atoms with Crippen LogP contribution in [0.15, 0.2) is 48.5 Å². The summed E-state index contributed by atoms with van der Waals surface area (Å²) in [6, 6.07) is 15.9. The van der Waals surface area contributed by atoms with Crippen molar-refractivity contribution in [1.29, 1.82) is 0 Å². The molecular weight excluding hydrogens is 262 g/mol. The van der Waals surface area contributed by atoms with Gasteiger partial charge in [-0.15, -0.1) is 0 Å². The minimum absolute atomic E-state index is 0.0936. The van der Waals surface area contributed by atoms with Crippen molar-refractivity contribution in [2.75, 3.05) is 5.32 Å². The molecule has 0 spiro atoms. The molecule has 1 amide bonds. The highest BCUT2D eigenvalue weighted by Crippen LogP contribution is 2.41. The van der Waals surface area contributed by atoms with Crippen LogP contribution in [0.2, 0.25) is 0 Å². The molecule has 3 nitrogen and oxygen atoms in total. The largest absolute Gasteiger partial charge is 0.506 e. The Kier molecular flexibility index (Phi) is 2.33. The summed E-state index contributed by atoms with van der Waals surface area (Å²) in [7, 11) is 0. The molecule has 0 aliphatic carbocycles. The van der Waals surface area contributed by atoms with Crippen LogP contribution in [0.4, 0.5) is 5.69 Å². The van der Waals surface area contributed by atoms with Crippen LogP contribution in [0.25, 0.3) is 32.3 Å². The van der Waals surface area contributed by atoms with E-state index >= 15 is 0 Å². The topological polar surface area (TPSA) is 49.3 Å². The van der Waals surface area contributed by atoms with E-state index in [0.717, 1.165) is 26.9 Å². The molecule has 0 unspecified atom stereocenters. The zero-order valence-electron chi connectivity index (χ0n) is 11.5. The number of phenolic OH excluding ortho intramolecular Hbond substituents is 1. The maximum absolute atomic E-state index is 11.4. The SMILES string of the molecule is CC(=O)Nc1c(O)cc2ccc3cccc4ccc1c2c34. The molecule has 0 radical (unpaired) electrons. The fourth-order valence-electron chi connectivity index (χ4n) is 3.10. The molecule has 0 saturated heterocycles. The molecular formula is C18H13NO2. The third kappa shape index (κ3) is 1.64. The summed E-state index contributed by atoms with van der Waals surface area (Å²) in [6.45, 7) is 1.44. The molecule has 4 aromatic rings. The first-order chi connectivity index (χ1) is 10.1. The number of anilines is 1. The minimum Gasteiger partial charge on any atom is -0.506 e. The zero-order valence-corrected chi connectivity index (χ0v) is 11.5. The van der Waals surface area contributed by atoms with Gasteiger partial charge in [0.1, 0.15) is 5.75 Å². The Morgan fingerprint density at radius 2 is 1.62 bits per heavy atom. The van der Waals surface area contributed by atoms with Gasteiger partial charge in [-0.1, -0.05) is 42.5 Å². The summed E-state index contributed by atoms with van der Waals surface area (Å²) in [5, 5.41) is 19.3. The number of nitrogens with one attached hydrogen (secondary N) is 1. The number of aromatic hydroxyl groups is 1. The Morgan fingerprint density at radius 3 is 2.33 bits per heavy atom. The third-order valence-corrected chi connectivity index (χ3v) is 3.93. The van der Waals surface area contributed by atoms with Crippen LogP contribution in [0.1, 0.15) is 6.92 Å². The molecule has 0 bridgehead atoms. The van der Waals surface area contributed by atoms with E-state index in [1.807, 2.05) is 24.3 Å². The molecule has 4 rings (SSSR count). The number of carbonyl (C=O) groups excluding carboxylic acids is 1. The number of benzene rings is 4. The number of carbonyl (C=O) groups is 1. The maximum atomic E-state index is 11.4. The molecule has 3 heteroatoms. The number of hydrogen-bond donors (Lipinski definition) is 2. The average molecular weight is 275 g/mol. The van der Waals surface area contributed by atoms with Crippen LogP contribution < -0.4 is 5.32 Å². The summed E-state index contributed by atoms with van der Waals surface area (Å²) in [4.78, 5) is 11.4. The highest BCUT2D eigenvalue weighted by atomic mass is 16.3. The van der Waals surface area contributed by atoms with E-state index in [4.69, 9.17) is 0 Å². The first-order valence-electron chi connectivity index (χ1n) is 6.82. The van der Waals surface area contributed by atoms with Gasteiger partial charge in [-0.3, -0.25) is 4.79 Å². The van der Waals surface area contributed by atoms with Crippen LogP contribution in [-0.2, 0) is 4.79 Å². The predicted octanol–water partition coefficient (Wildman–Crippen LogP) is 4.25. The van der Waals surface area contributed by atoms with Crippen LogP contribution in [0.5, 0.6) is 5.75 Å². The van der Waals surface area contributed by atoms with E-state index in [0.29, 0.717) is 5.69 Å². The Hall–Kier alpha value is -2.81. The fraction of sp³-hybridized carbons (Fsp3) is 0.0556. The summed E-state index contributed by atoms with van der Waals surface area (Å²) >= 11 is 0. The fourth-order valence-corrected chi connectivity index (χ4v) is 3.10. The number of phenols is 1. The Morgan fingerprint density at radius 1 is 0.952 bits per heavy atom. The van der Waals surface area contributed by atoms with Gasteiger partial charge in [0.15, 0.2) is 0 Å². The van der Waals surface area contributed by atoms with Gasteiger partial charge in [0.2, 0.25) is 5.91 Å². The van der Waals surface area contributed by atoms with Crippen molar-refractivity contribution in [3.63, 3.8) is 0 Å². The molecule has 4 aromatic carbocycles. The lowest BCUT2D eigenvalue weighted by Gasteiger charge is -2.15. The normalized spacial score (nSPS) is 11.5. The van der Waals surface area contributed by atoms with E-state index in [-0.39, 0.29) is 11.7 Å². The van der Waals surface area contributed by atoms with Crippen LogP contribution >= 0.6 is 0 Å². The Labute approximate surface area is 121 Å². The third-order valence-electron chi connectivity index (χ3n) is 3.93. The van der Waals surface area contributed by atoms with E-state index in [9.17, 15) is 9.90 Å². The van der Waals surface area contributed by atoms with Gasteiger partial charge in [-0.2, -0.15) is 0 Å². The second-order valence-electron chi connectivity index (χ2n) is 5.31. The predicted molar refractivity (Wildman–Crippen MR) is 86.1 cm³/mol. The van der Waals surface area contributed by atoms with Gasteiger partial charge in [-0.25, -0.2) is 0 Å². The van der Waals surface area contributed by atoms with Crippen molar-refractivity contribution in [1.82, 2.24) is 0 Å². The standard InChI is InChI=1S/C18H13NO2/c1-10(20)19-18-14-8-7-12-4-2-3-11-5-6-13(9-15(18)21)17(14)16(11)12/h2-9,21H,1H3,(H,19,20). The zero-order chi connectivity index (χ0) is 14.6. The summed E-state index contributed by atoms with van der Waals surface area (Å²) < 4.78 is 0. The second-order valence-corrected chi connectivity index (χ2v) is 5.31. The first-order valence-corrected chi connectivity index (χ1v) is 6.82. The summed E-state index contributed by atoms with van der Waals surface area (Å²) in [6.07, 6.45) is 0. The van der Waals surface area contributed by atoms with Crippen molar-refractivity contribution < 1.29 is 9.90 Å². The van der Waals surface area contributed by atoms with E-state index in [1.54, 1.807) is 6.07 Å². The number of amides is 1. The Balaban J connectivity index is 2.26. The summed E-state index contributed by atoms with van der Waals surface area (Å²) in [5.41, 5.74) is 0.480. The maximum Gasteiger partial charge on any atom is 0.221 e. The molecule has 0 saturated carbocycles. The molecule has 0 atom stereocenters. The second kappa shape index (κ2) is 4.09. The monoisotopic (exact) mass is 275 g/mol. The van der Waals surface area contributed by atoms with Crippen LogP contribution in [-0.4, -0.2) is 11.0 Å². The highest BCUT2D eigenvalue weighted by molar-refractivity contribution is 6.26. The van der Waals surface area contributed by atoms with Gasteiger partial charge < -0.3 is 10.4 Å². The van der Waals surface area contributed by atoms with Crippen molar-refractivity contribution in [3.05, 3.63) is 48.5 Å². The van der Waals surface area contributed by atoms with Gasteiger partial charge in [-0.05, 0) is 33.0 Å². The molecule has 0 aromatic heterocycles. The van der Waals surface area contributed by atoms with Crippen molar-refractivity contribution >= 4 is 43.9 Å². The highest BCUT2D eigenvalue weighted by Gasteiger charge is 2.14. The molecule has 0 aliphatic heterocycles. The molecule has 2 N–H and O–H groups in total. The lowest BCUT2D eigenvalue weighted by molar-refractivity contribution is -0.114. The minimum atomic E-state index is -0.194.